The van der Waals surface area contributed by atoms with Gasteiger partial charge in [-0.25, -0.2) is 4.68 Å². The number of amides is 1. The van der Waals surface area contributed by atoms with Gasteiger partial charge in [-0.15, -0.1) is 0 Å². The lowest BCUT2D eigenvalue weighted by molar-refractivity contribution is 0.0952. The van der Waals surface area contributed by atoms with E-state index in [0.29, 0.717) is 29.0 Å². The van der Waals surface area contributed by atoms with Crippen molar-refractivity contribution < 1.29 is 4.79 Å². The topological polar surface area (TPSA) is 72.9 Å². The van der Waals surface area contributed by atoms with Crippen LogP contribution in [0.25, 0.3) is 10.8 Å². The van der Waals surface area contributed by atoms with E-state index in [9.17, 15) is 4.79 Å². The fraction of sp³-hybridized carbons (Fsp3) is 0.222. The van der Waals surface area contributed by atoms with E-state index >= 15 is 0 Å². The van der Waals surface area contributed by atoms with Gasteiger partial charge in [-0.2, -0.15) is 5.10 Å². The van der Waals surface area contributed by atoms with E-state index < -0.39 is 0 Å². The molecule has 0 aliphatic heterocycles. The number of nitrogens with one attached hydrogen (secondary N) is 1. The van der Waals surface area contributed by atoms with Crippen molar-refractivity contribution in [2.24, 2.45) is 0 Å². The predicted octanol–water partition coefficient (Wildman–Crippen LogP) is 3.54. The Morgan fingerprint density at radius 2 is 2.17 bits per heavy atom. The van der Waals surface area contributed by atoms with Gasteiger partial charge in [0.2, 0.25) is 0 Å². The number of aromatic nitrogens is 2. The Labute approximate surface area is 144 Å². The van der Waals surface area contributed by atoms with Gasteiger partial charge in [-0.05, 0) is 41.3 Å². The van der Waals surface area contributed by atoms with Gasteiger partial charge in [0.1, 0.15) is 11.4 Å². The molecule has 3 N–H and O–H groups in total. The second-order valence-electron chi connectivity index (χ2n) is 6.08. The van der Waals surface area contributed by atoms with E-state index in [0.717, 1.165) is 29.2 Å². The number of nitrogens with zero attached hydrogens (tertiary/aromatic N) is 2. The molecule has 0 saturated heterocycles. The summed E-state index contributed by atoms with van der Waals surface area (Å²) in [5.74, 6) is 0.231. The Morgan fingerprint density at radius 3 is 2.96 bits per heavy atom. The van der Waals surface area contributed by atoms with Gasteiger partial charge >= 0.3 is 0 Å². The summed E-state index contributed by atoms with van der Waals surface area (Å²) in [7, 11) is 0. The summed E-state index contributed by atoms with van der Waals surface area (Å²) >= 11 is 6.09. The largest absolute Gasteiger partial charge is 0.383 e. The van der Waals surface area contributed by atoms with Crippen molar-refractivity contribution in [3.8, 4) is 0 Å². The van der Waals surface area contributed by atoms with Gasteiger partial charge in [0, 0.05) is 11.6 Å². The summed E-state index contributed by atoms with van der Waals surface area (Å²) in [6.07, 6.45) is 3.69. The van der Waals surface area contributed by atoms with Crippen LogP contribution in [0.4, 0.5) is 5.82 Å². The minimum Gasteiger partial charge on any atom is -0.383 e. The Balaban J connectivity index is 1.54. The van der Waals surface area contributed by atoms with E-state index in [1.807, 2.05) is 36.4 Å². The third-order valence-electron chi connectivity index (χ3n) is 4.35. The third kappa shape index (κ3) is 2.71. The number of hydrogen-bond acceptors (Lipinski definition) is 3. The molecule has 5 nitrogen and oxygen atoms in total. The standard InChI is InChI=1S/C18H17ClN4O/c19-13-5-4-11-2-1-3-12(15(11)8-13)9-21-18(24)16-10-22-23(17(16)20)14-6-7-14/h1-5,8,10,14H,6-7,9,20H2,(H,21,24). The molecule has 1 heterocycles. The first kappa shape index (κ1) is 15.0. The van der Waals surface area contributed by atoms with E-state index in [1.165, 1.54) is 0 Å². The van der Waals surface area contributed by atoms with Crippen molar-refractivity contribution >= 4 is 34.1 Å². The second kappa shape index (κ2) is 5.83. The first-order valence-electron chi connectivity index (χ1n) is 7.92. The molecule has 1 aromatic heterocycles. The van der Waals surface area contributed by atoms with Crippen LogP contribution in [0.3, 0.4) is 0 Å². The molecule has 0 atom stereocenters. The zero-order chi connectivity index (χ0) is 16.7. The van der Waals surface area contributed by atoms with Crippen LogP contribution in [0.2, 0.25) is 5.02 Å². The van der Waals surface area contributed by atoms with Crippen molar-refractivity contribution in [3.63, 3.8) is 0 Å². The first-order valence-corrected chi connectivity index (χ1v) is 8.29. The number of anilines is 1. The van der Waals surface area contributed by atoms with Gasteiger partial charge in [0.25, 0.3) is 5.91 Å². The smallest absolute Gasteiger partial charge is 0.256 e. The maximum Gasteiger partial charge on any atom is 0.256 e. The minimum atomic E-state index is -0.210. The van der Waals surface area contributed by atoms with Crippen molar-refractivity contribution in [2.45, 2.75) is 25.4 Å². The van der Waals surface area contributed by atoms with Crippen LogP contribution < -0.4 is 11.1 Å². The van der Waals surface area contributed by atoms with E-state index in [2.05, 4.69) is 10.4 Å². The number of nitrogens with two attached hydrogens (primary N) is 1. The zero-order valence-electron chi connectivity index (χ0n) is 13.0. The third-order valence-corrected chi connectivity index (χ3v) is 4.58. The van der Waals surface area contributed by atoms with Crippen molar-refractivity contribution in [1.29, 1.82) is 0 Å². The molecule has 24 heavy (non-hydrogen) atoms. The number of halogens is 1. The summed E-state index contributed by atoms with van der Waals surface area (Å²) < 4.78 is 1.74. The van der Waals surface area contributed by atoms with E-state index in [-0.39, 0.29) is 5.91 Å². The molecule has 1 saturated carbocycles. The number of carbonyl (C=O) groups is 1. The van der Waals surface area contributed by atoms with Crippen LogP contribution in [0, 0.1) is 0 Å². The van der Waals surface area contributed by atoms with Crippen molar-refractivity contribution in [3.05, 3.63) is 58.7 Å². The van der Waals surface area contributed by atoms with E-state index in [4.69, 9.17) is 17.3 Å². The Kier molecular flexibility index (Phi) is 3.65. The van der Waals surface area contributed by atoms with Gasteiger partial charge in [-0.3, -0.25) is 4.79 Å². The fourth-order valence-electron chi connectivity index (χ4n) is 2.89. The highest BCUT2D eigenvalue weighted by molar-refractivity contribution is 6.31. The van der Waals surface area contributed by atoms with Crippen LogP contribution in [0.1, 0.15) is 34.8 Å². The second-order valence-corrected chi connectivity index (χ2v) is 6.52. The highest BCUT2D eigenvalue weighted by Crippen LogP contribution is 2.36. The predicted molar refractivity (Wildman–Crippen MR) is 95.0 cm³/mol. The molecule has 0 bridgehead atoms. The Hall–Kier alpha value is -2.53. The number of rotatable bonds is 4. The number of hydrogen-bond donors (Lipinski definition) is 2. The number of fused-ring (bicyclic) bond motifs is 1. The van der Waals surface area contributed by atoms with E-state index in [1.54, 1.807) is 10.9 Å². The fourth-order valence-corrected chi connectivity index (χ4v) is 3.06. The lowest BCUT2D eigenvalue weighted by atomic mass is 10.0. The molecule has 2 aromatic carbocycles. The average Bonchev–Trinajstić information content (AvgIpc) is 3.35. The highest BCUT2D eigenvalue weighted by atomic mass is 35.5. The lowest BCUT2D eigenvalue weighted by Gasteiger charge is -2.09. The van der Waals surface area contributed by atoms with Gasteiger partial charge in [0.05, 0.1) is 12.2 Å². The Morgan fingerprint density at radius 1 is 1.33 bits per heavy atom. The molecule has 3 aromatic rings. The average molecular weight is 341 g/mol. The molecule has 4 rings (SSSR count). The minimum absolute atomic E-state index is 0.210. The number of carbonyl (C=O) groups excluding carboxylic acids is 1. The maximum absolute atomic E-state index is 12.4. The monoisotopic (exact) mass is 340 g/mol. The van der Waals surface area contributed by atoms with Crippen LogP contribution in [-0.4, -0.2) is 15.7 Å². The number of nitrogen functional groups attached to an aromatic ring is 1. The van der Waals surface area contributed by atoms with Gasteiger partial charge < -0.3 is 11.1 Å². The van der Waals surface area contributed by atoms with Crippen LogP contribution in [0.5, 0.6) is 0 Å². The van der Waals surface area contributed by atoms with Gasteiger partial charge in [0.15, 0.2) is 0 Å². The molecular weight excluding hydrogens is 324 g/mol. The van der Waals surface area contributed by atoms with Crippen LogP contribution in [0.15, 0.2) is 42.6 Å². The Bertz CT molecular complexity index is 930. The lowest BCUT2D eigenvalue weighted by Crippen LogP contribution is -2.23. The maximum atomic E-state index is 12.4. The summed E-state index contributed by atoms with van der Waals surface area (Å²) in [6.45, 7) is 0.407. The molecule has 122 valence electrons. The van der Waals surface area contributed by atoms with Crippen molar-refractivity contribution in [2.75, 3.05) is 5.73 Å². The summed E-state index contributed by atoms with van der Waals surface area (Å²) in [5, 5.41) is 9.96. The van der Waals surface area contributed by atoms with Crippen LogP contribution >= 0.6 is 11.6 Å². The molecule has 1 fully saturated rings. The normalized spacial score (nSPS) is 14.0. The molecule has 0 radical (unpaired) electrons. The zero-order valence-corrected chi connectivity index (χ0v) is 13.8. The first-order chi connectivity index (χ1) is 11.6. The molecule has 6 heteroatoms. The van der Waals surface area contributed by atoms with Crippen LogP contribution in [-0.2, 0) is 6.54 Å². The summed E-state index contributed by atoms with van der Waals surface area (Å²) in [4.78, 5) is 12.4. The summed E-state index contributed by atoms with van der Waals surface area (Å²) in [6, 6.07) is 12.1. The SMILES string of the molecule is Nc1c(C(=O)NCc2cccc3ccc(Cl)cc23)cnn1C1CC1. The molecular formula is C18H17ClN4O. The molecule has 1 aliphatic carbocycles. The summed E-state index contributed by atoms with van der Waals surface area (Å²) in [5.41, 5.74) is 7.49. The quantitative estimate of drug-likeness (QED) is 0.763. The van der Waals surface area contributed by atoms with Crippen molar-refractivity contribution in [1.82, 2.24) is 15.1 Å². The number of benzene rings is 2. The highest BCUT2D eigenvalue weighted by Gasteiger charge is 2.28. The molecule has 0 spiro atoms. The molecule has 0 unspecified atom stereocenters. The molecule has 1 amide bonds. The van der Waals surface area contributed by atoms with Gasteiger partial charge in [-0.1, -0.05) is 35.9 Å². The molecule has 1 aliphatic rings.